The second-order valence-electron chi connectivity index (χ2n) is 6.60. The van der Waals surface area contributed by atoms with Gasteiger partial charge in [0.25, 0.3) is 11.8 Å². The monoisotopic (exact) mass is 404 g/mol. The van der Waals surface area contributed by atoms with Crippen LogP contribution in [0, 0.1) is 5.82 Å². The zero-order valence-electron chi connectivity index (χ0n) is 15.0. The first-order chi connectivity index (χ1) is 13.5. The molecule has 2 aliphatic heterocycles. The van der Waals surface area contributed by atoms with E-state index in [1.807, 2.05) is 0 Å². The molecule has 1 fully saturated rings. The molecule has 8 heteroatoms. The van der Waals surface area contributed by atoms with Gasteiger partial charge in [0.2, 0.25) is 6.79 Å². The van der Waals surface area contributed by atoms with Crippen molar-refractivity contribution >= 4 is 23.4 Å². The molecule has 0 saturated carbocycles. The van der Waals surface area contributed by atoms with Gasteiger partial charge in [-0.2, -0.15) is 0 Å². The maximum atomic E-state index is 14.1. The van der Waals surface area contributed by atoms with Crippen LogP contribution in [-0.4, -0.2) is 54.6 Å². The van der Waals surface area contributed by atoms with E-state index < -0.39 is 11.7 Å². The molecule has 2 heterocycles. The van der Waals surface area contributed by atoms with Gasteiger partial charge in [-0.15, -0.1) is 0 Å². The largest absolute Gasteiger partial charge is 0.454 e. The summed E-state index contributed by atoms with van der Waals surface area (Å²) in [4.78, 5) is 28.8. The Morgan fingerprint density at radius 3 is 2.39 bits per heavy atom. The van der Waals surface area contributed by atoms with Gasteiger partial charge in [-0.3, -0.25) is 9.59 Å². The maximum absolute atomic E-state index is 14.1. The average molecular weight is 405 g/mol. The summed E-state index contributed by atoms with van der Waals surface area (Å²) in [6, 6.07) is 9.24. The predicted octanol–water partition coefficient (Wildman–Crippen LogP) is 3.20. The molecule has 0 N–H and O–H groups in total. The van der Waals surface area contributed by atoms with Crippen molar-refractivity contribution in [2.45, 2.75) is 6.42 Å². The number of halogens is 2. The summed E-state index contributed by atoms with van der Waals surface area (Å²) in [7, 11) is 0. The van der Waals surface area contributed by atoms with Crippen molar-refractivity contribution in [1.82, 2.24) is 9.80 Å². The fourth-order valence-corrected chi connectivity index (χ4v) is 3.64. The molecule has 0 spiro atoms. The molecule has 0 aliphatic carbocycles. The van der Waals surface area contributed by atoms with E-state index in [2.05, 4.69) is 0 Å². The van der Waals surface area contributed by atoms with E-state index in [0.717, 1.165) is 0 Å². The van der Waals surface area contributed by atoms with Gasteiger partial charge in [-0.05, 0) is 36.8 Å². The van der Waals surface area contributed by atoms with E-state index in [0.29, 0.717) is 49.7 Å². The number of amides is 2. The summed E-state index contributed by atoms with van der Waals surface area (Å²) < 4.78 is 24.7. The molecule has 4 rings (SSSR count). The van der Waals surface area contributed by atoms with Gasteiger partial charge in [0.1, 0.15) is 5.82 Å². The highest BCUT2D eigenvalue weighted by Gasteiger charge is 2.27. The van der Waals surface area contributed by atoms with Crippen molar-refractivity contribution < 1.29 is 23.5 Å². The molecular weight excluding hydrogens is 387 g/mol. The molecule has 6 nitrogen and oxygen atoms in total. The minimum absolute atomic E-state index is 0.0857. The lowest BCUT2D eigenvalue weighted by molar-refractivity contribution is 0.0716. The molecule has 0 bridgehead atoms. The van der Waals surface area contributed by atoms with Crippen molar-refractivity contribution in [3.8, 4) is 11.5 Å². The molecule has 28 heavy (non-hydrogen) atoms. The lowest BCUT2D eigenvalue weighted by Gasteiger charge is -2.23. The molecular formula is C20H18ClFN2O4. The number of rotatable bonds is 2. The quantitative estimate of drug-likeness (QED) is 0.771. The maximum Gasteiger partial charge on any atom is 0.258 e. The van der Waals surface area contributed by atoms with Crippen LogP contribution in [0.4, 0.5) is 4.39 Å². The average Bonchev–Trinajstić information content (AvgIpc) is 3.01. The summed E-state index contributed by atoms with van der Waals surface area (Å²) in [6.45, 7) is 1.73. The van der Waals surface area contributed by atoms with E-state index in [-0.39, 0.29) is 23.3 Å². The first kappa shape index (κ1) is 18.6. The summed E-state index contributed by atoms with van der Waals surface area (Å²) in [5.41, 5.74) is 0.376. The van der Waals surface area contributed by atoms with Crippen LogP contribution in [0.2, 0.25) is 5.02 Å². The summed E-state index contributed by atoms with van der Waals surface area (Å²) in [6.07, 6.45) is 0.591. The molecule has 2 aromatic rings. The number of hydrogen-bond donors (Lipinski definition) is 0. The lowest BCUT2D eigenvalue weighted by atomic mass is 10.1. The second-order valence-corrected chi connectivity index (χ2v) is 7.01. The van der Waals surface area contributed by atoms with Crippen molar-refractivity contribution in [1.29, 1.82) is 0 Å². The van der Waals surface area contributed by atoms with Crippen LogP contribution in [0.3, 0.4) is 0 Å². The van der Waals surface area contributed by atoms with Crippen LogP contribution >= 0.6 is 11.6 Å². The first-order valence-electron chi connectivity index (χ1n) is 8.97. The molecule has 2 amide bonds. The Labute approximate surface area is 166 Å². The van der Waals surface area contributed by atoms with Crippen molar-refractivity contribution in [3.63, 3.8) is 0 Å². The third kappa shape index (κ3) is 3.49. The SMILES string of the molecule is O=C(c1ccc2c(c1)OCO2)N1CCCN(C(=O)c2c(F)cccc2Cl)CC1. The molecule has 2 aromatic carbocycles. The molecule has 0 unspecified atom stereocenters. The number of ether oxygens (including phenoxy) is 2. The van der Waals surface area contributed by atoms with E-state index in [4.69, 9.17) is 21.1 Å². The fourth-order valence-electron chi connectivity index (χ4n) is 3.40. The molecule has 1 saturated heterocycles. The van der Waals surface area contributed by atoms with Crippen LogP contribution in [0.1, 0.15) is 27.1 Å². The summed E-state index contributed by atoms with van der Waals surface area (Å²) >= 11 is 6.02. The first-order valence-corrected chi connectivity index (χ1v) is 9.34. The highest BCUT2D eigenvalue weighted by atomic mass is 35.5. The molecule has 0 atom stereocenters. The summed E-state index contributed by atoms with van der Waals surface area (Å²) in [5.74, 6) is -0.0790. The third-order valence-corrected chi connectivity index (χ3v) is 5.18. The Morgan fingerprint density at radius 2 is 1.64 bits per heavy atom. The lowest BCUT2D eigenvalue weighted by Crippen LogP contribution is -2.37. The molecule has 0 aromatic heterocycles. The molecule has 146 valence electrons. The predicted molar refractivity (Wildman–Crippen MR) is 100 cm³/mol. The molecule has 0 radical (unpaired) electrons. The van der Waals surface area contributed by atoms with Crippen molar-refractivity contribution in [2.24, 2.45) is 0 Å². The highest BCUT2D eigenvalue weighted by Crippen LogP contribution is 2.33. The van der Waals surface area contributed by atoms with Gasteiger partial charge >= 0.3 is 0 Å². The number of carbonyl (C=O) groups is 2. The van der Waals surface area contributed by atoms with E-state index in [1.165, 1.54) is 23.1 Å². The smallest absolute Gasteiger partial charge is 0.258 e. The van der Waals surface area contributed by atoms with Crippen LogP contribution < -0.4 is 9.47 Å². The number of benzene rings is 2. The zero-order chi connectivity index (χ0) is 19.7. The second kappa shape index (κ2) is 7.67. The van der Waals surface area contributed by atoms with Gasteiger partial charge in [-0.25, -0.2) is 4.39 Å². The van der Waals surface area contributed by atoms with Crippen molar-refractivity contribution in [2.75, 3.05) is 33.0 Å². The van der Waals surface area contributed by atoms with Gasteiger partial charge in [0.05, 0.1) is 10.6 Å². The Hall–Kier alpha value is -2.80. The topological polar surface area (TPSA) is 59.1 Å². The van der Waals surface area contributed by atoms with Gasteiger partial charge in [0.15, 0.2) is 11.5 Å². The minimum atomic E-state index is -0.643. The van der Waals surface area contributed by atoms with Crippen molar-refractivity contribution in [3.05, 3.63) is 58.4 Å². The summed E-state index contributed by atoms with van der Waals surface area (Å²) in [5, 5.41) is 0.0857. The Balaban J connectivity index is 1.46. The van der Waals surface area contributed by atoms with Crippen LogP contribution in [-0.2, 0) is 0 Å². The van der Waals surface area contributed by atoms with Crippen LogP contribution in [0.5, 0.6) is 11.5 Å². The highest BCUT2D eigenvalue weighted by molar-refractivity contribution is 6.33. The van der Waals surface area contributed by atoms with E-state index in [9.17, 15) is 14.0 Å². The standard InChI is InChI=1S/C20H18ClFN2O4/c21-14-3-1-4-15(22)18(14)20(26)24-8-2-7-23(9-10-24)19(25)13-5-6-16-17(11-13)28-12-27-16/h1,3-6,11H,2,7-10,12H2. The van der Waals surface area contributed by atoms with Crippen LogP contribution in [0.25, 0.3) is 0 Å². The Kier molecular flexibility index (Phi) is 5.09. The number of fused-ring (bicyclic) bond motifs is 1. The fraction of sp³-hybridized carbons (Fsp3) is 0.300. The zero-order valence-corrected chi connectivity index (χ0v) is 15.7. The number of carbonyl (C=O) groups excluding carboxylic acids is 2. The van der Waals surface area contributed by atoms with Gasteiger partial charge in [-0.1, -0.05) is 17.7 Å². The van der Waals surface area contributed by atoms with E-state index >= 15 is 0 Å². The van der Waals surface area contributed by atoms with Gasteiger partial charge in [0, 0.05) is 31.7 Å². The Morgan fingerprint density at radius 1 is 0.929 bits per heavy atom. The Bertz CT molecular complexity index is 916. The van der Waals surface area contributed by atoms with Gasteiger partial charge < -0.3 is 19.3 Å². The van der Waals surface area contributed by atoms with E-state index in [1.54, 1.807) is 23.1 Å². The molecule has 2 aliphatic rings. The minimum Gasteiger partial charge on any atom is -0.454 e. The van der Waals surface area contributed by atoms with Crippen LogP contribution in [0.15, 0.2) is 36.4 Å². The normalized spacial score (nSPS) is 16.1. The number of nitrogens with zero attached hydrogens (tertiary/aromatic N) is 2. The number of hydrogen-bond acceptors (Lipinski definition) is 4. The third-order valence-electron chi connectivity index (χ3n) is 4.87.